The molecule has 1 aliphatic heterocycles. The molecule has 1 saturated heterocycles. The van der Waals surface area contributed by atoms with Gasteiger partial charge in [0.1, 0.15) is 0 Å². The highest BCUT2D eigenvalue weighted by Crippen LogP contribution is 2.36. The van der Waals surface area contributed by atoms with Gasteiger partial charge in [-0.2, -0.15) is 0 Å². The largest absolute Gasteiger partial charge is 0.338 e. The third-order valence-electron chi connectivity index (χ3n) is 4.53. The predicted molar refractivity (Wildman–Crippen MR) is 83.9 cm³/mol. The number of hydrogen-bond donors (Lipinski definition) is 1. The highest BCUT2D eigenvalue weighted by molar-refractivity contribution is 14.1. The number of carbonyl (C=O) groups excluding carboxylic acids is 1. The molecule has 4 heteroatoms. The first-order valence-electron chi connectivity index (χ1n) is 6.95. The van der Waals surface area contributed by atoms with E-state index in [0.29, 0.717) is 11.8 Å². The van der Waals surface area contributed by atoms with Crippen LogP contribution in [0.15, 0.2) is 24.3 Å². The number of nitrogens with zero attached hydrogens (tertiary/aromatic N) is 1. The molecule has 102 valence electrons. The van der Waals surface area contributed by atoms with E-state index in [1.54, 1.807) is 0 Å². The van der Waals surface area contributed by atoms with Crippen LogP contribution >= 0.6 is 22.6 Å². The summed E-state index contributed by atoms with van der Waals surface area (Å²) in [4.78, 5) is 14.5. The summed E-state index contributed by atoms with van der Waals surface area (Å²) in [7, 11) is 0. The minimum absolute atomic E-state index is 0.165. The molecule has 2 aliphatic rings. The Hall–Kier alpha value is -0.620. The quantitative estimate of drug-likeness (QED) is 0.773. The van der Waals surface area contributed by atoms with E-state index in [2.05, 4.69) is 22.6 Å². The second kappa shape index (κ2) is 5.40. The van der Waals surface area contributed by atoms with E-state index >= 15 is 0 Å². The van der Waals surface area contributed by atoms with Crippen molar-refractivity contribution in [3.63, 3.8) is 0 Å². The van der Waals surface area contributed by atoms with Crippen LogP contribution in [0.4, 0.5) is 0 Å². The molecule has 0 bridgehead atoms. The number of likely N-dealkylation sites (tertiary alicyclic amines) is 1. The van der Waals surface area contributed by atoms with Crippen molar-refractivity contribution in [2.24, 2.45) is 17.6 Å². The summed E-state index contributed by atoms with van der Waals surface area (Å²) in [6, 6.07) is 8.11. The van der Waals surface area contributed by atoms with E-state index in [1.807, 2.05) is 29.2 Å². The number of benzene rings is 1. The van der Waals surface area contributed by atoms with Crippen molar-refractivity contribution in [1.29, 1.82) is 0 Å². The van der Waals surface area contributed by atoms with Crippen molar-refractivity contribution in [2.45, 2.75) is 25.3 Å². The van der Waals surface area contributed by atoms with Gasteiger partial charge in [-0.15, -0.1) is 0 Å². The Labute approximate surface area is 127 Å². The van der Waals surface area contributed by atoms with Gasteiger partial charge in [-0.1, -0.05) is 6.42 Å². The van der Waals surface area contributed by atoms with Crippen LogP contribution in [0.2, 0.25) is 0 Å². The van der Waals surface area contributed by atoms with E-state index in [4.69, 9.17) is 5.73 Å². The Kier molecular flexibility index (Phi) is 3.80. The van der Waals surface area contributed by atoms with Gasteiger partial charge < -0.3 is 10.6 Å². The first-order valence-corrected chi connectivity index (χ1v) is 8.03. The summed E-state index contributed by atoms with van der Waals surface area (Å²) in [5.41, 5.74) is 7.00. The zero-order valence-corrected chi connectivity index (χ0v) is 13.0. The Bertz CT molecular complexity index is 474. The van der Waals surface area contributed by atoms with Crippen LogP contribution in [0.25, 0.3) is 0 Å². The zero-order chi connectivity index (χ0) is 13.4. The summed E-state index contributed by atoms with van der Waals surface area (Å²) in [6.07, 6.45) is 3.56. The summed E-state index contributed by atoms with van der Waals surface area (Å²) < 4.78 is 1.16. The number of hydrogen-bond acceptors (Lipinski definition) is 2. The molecule has 1 aliphatic carbocycles. The lowest BCUT2D eigenvalue weighted by Crippen LogP contribution is -2.38. The van der Waals surface area contributed by atoms with E-state index in [0.717, 1.165) is 28.6 Å². The van der Waals surface area contributed by atoms with Gasteiger partial charge in [0.15, 0.2) is 0 Å². The molecule has 0 radical (unpaired) electrons. The van der Waals surface area contributed by atoms with Crippen molar-refractivity contribution in [2.75, 3.05) is 13.1 Å². The van der Waals surface area contributed by atoms with Crippen LogP contribution < -0.4 is 5.73 Å². The fourth-order valence-electron chi connectivity index (χ4n) is 3.46. The molecule has 2 N–H and O–H groups in total. The minimum Gasteiger partial charge on any atom is -0.338 e. The zero-order valence-electron chi connectivity index (χ0n) is 10.9. The van der Waals surface area contributed by atoms with Crippen LogP contribution in [0, 0.1) is 15.4 Å². The first kappa shape index (κ1) is 13.4. The first-order chi connectivity index (χ1) is 9.15. The molecule has 3 rings (SSSR count). The van der Waals surface area contributed by atoms with Gasteiger partial charge in [-0.25, -0.2) is 0 Å². The van der Waals surface area contributed by atoms with Gasteiger partial charge in [-0.3, -0.25) is 4.79 Å². The van der Waals surface area contributed by atoms with Crippen molar-refractivity contribution in [1.82, 2.24) is 4.90 Å². The molecule has 0 aromatic heterocycles. The third kappa shape index (κ3) is 2.65. The van der Waals surface area contributed by atoms with Crippen LogP contribution in [0.1, 0.15) is 29.6 Å². The molecule has 1 saturated carbocycles. The summed E-state index contributed by atoms with van der Waals surface area (Å²) in [6.45, 7) is 1.74. The molecule has 1 amide bonds. The number of nitrogens with two attached hydrogens (primary N) is 1. The molecule has 1 aromatic carbocycles. The molecule has 3 unspecified atom stereocenters. The maximum absolute atomic E-state index is 12.5. The Balaban J connectivity index is 1.73. The number of fused-ring (bicyclic) bond motifs is 1. The second-order valence-electron chi connectivity index (χ2n) is 5.74. The molecule has 3 nitrogen and oxygen atoms in total. The van der Waals surface area contributed by atoms with Gasteiger partial charge in [0.2, 0.25) is 0 Å². The van der Waals surface area contributed by atoms with E-state index in [9.17, 15) is 4.79 Å². The molecule has 2 fully saturated rings. The smallest absolute Gasteiger partial charge is 0.253 e. The highest BCUT2D eigenvalue weighted by Gasteiger charge is 2.40. The maximum Gasteiger partial charge on any atom is 0.253 e. The van der Waals surface area contributed by atoms with Crippen molar-refractivity contribution in [3.05, 3.63) is 33.4 Å². The lowest BCUT2D eigenvalue weighted by atomic mass is 9.78. The fourth-order valence-corrected chi connectivity index (χ4v) is 3.82. The van der Waals surface area contributed by atoms with Crippen LogP contribution in [0.3, 0.4) is 0 Å². The Morgan fingerprint density at radius 2 is 1.95 bits per heavy atom. The average Bonchev–Trinajstić information content (AvgIpc) is 2.84. The highest BCUT2D eigenvalue weighted by atomic mass is 127. The number of carbonyl (C=O) groups is 1. The topological polar surface area (TPSA) is 46.3 Å². The normalized spacial score (nSPS) is 30.2. The molecular weight excluding hydrogens is 351 g/mol. The predicted octanol–water partition coefficient (Wildman–Crippen LogP) is 2.49. The van der Waals surface area contributed by atoms with Crippen molar-refractivity contribution in [3.8, 4) is 0 Å². The Morgan fingerprint density at radius 3 is 2.63 bits per heavy atom. The monoisotopic (exact) mass is 370 g/mol. The third-order valence-corrected chi connectivity index (χ3v) is 5.25. The standard InChI is InChI=1S/C15H19IN2O/c16-12-6-4-10(5-7-12)15(19)18-8-11-2-1-3-14(17)13(11)9-18/h4-7,11,13-14H,1-3,8-9,17H2. The van der Waals surface area contributed by atoms with E-state index in [-0.39, 0.29) is 11.9 Å². The van der Waals surface area contributed by atoms with E-state index < -0.39 is 0 Å². The molecule has 19 heavy (non-hydrogen) atoms. The number of amides is 1. The molecule has 1 aromatic rings. The van der Waals surface area contributed by atoms with Gasteiger partial charge >= 0.3 is 0 Å². The SMILES string of the molecule is NC1CCCC2CN(C(=O)c3ccc(I)cc3)CC12. The van der Waals surface area contributed by atoms with Gasteiger partial charge in [-0.05, 0) is 71.5 Å². The van der Waals surface area contributed by atoms with Crippen LogP contribution in [-0.4, -0.2) is 29.9 Å². The van der Waals surface area contributed by atoms with Crippen molar-refractivity contribution < 1.29 is 4.79 Å². The lowest BCUT2D eigenvalue weighted by Gasteiger charge is -2.29. The molecular formula is C15H19IN2O. The molecule has 3 atom stereocenters. The van der Waals surface area contributed by atoms with Crippen LogP contribution in [0.5, 0.6) is 0 Å². The lowest BCUT2D eigenvalue weighted by molar-refractivity contribution is 0.0783. The minimum atomic E-state index is 0.165. The van der Waals surface area contributed by atoms with E-state index in [1.165, 1.54) is 12.8 Å². The Morgan fingerprint density at radius 1 is 1.21 bits per heavy atom. The molecule has 0 spiro atoms. The second-order valence-corrected chi connectivity index (χ2v) is 6.98. The van der Waals surface area contributed by atoms with Gasteiger partial charge in [0.05, 0.1) is 0 Å². The summed E-state index contributed by atoms with van der Waals surface area (Å²) in [5.74, 6) is 1.30. The molecule has 1 heterocycles. The fraction of sp³-hybridized carbons (Fsp3) is 0.533. The summed E-state index contributed by atoms with van der Waals surface area (Å²) in [5, 5.41) is 0. The summed E-state index contributed by atoms with van der Waals surface area (Å²) >= 11 is 2.26. The van der Waals surface area contributed by atoms with Gasteiger partial charge in [0, 0.05) is 28.3 Å². The van der Waals surface area contributed by atoms with Crippen molar-refractivity contribution >= 4 is 28.5 Å². The average molecular weight is 370 g/mol. The number of rotatable bonds is 1. The number of halogens is 1. The van der Waals surface area contributed by atoms with Gasteiger partial charge in [0.25, 0.3) is 5.91 Å². The van der Waals surface area contributed by atoms with Crippen LogP contribution in [-0.2, 0) is 0 Å². The maximum atomic E-state index is 12.5.